The molecule has 0 aromatic heterocycles. The summed E-state index contributed by atoms with van der Waals surface area (Å²) in [5.41, 5.74) is 0.482. The highest BCUT2D eigenvalue weighted by Gasteiger charge is 2.27. The van der Waals surface area contributed by atoms with E-state index in [0.29, 0.717) is 5.41 Å². The monoisotopic (exact) mass is 125 g/mol. The van der Waals surface area contributed by atoms with Crippen LogP contribution in [0.5, 0.6) is 0 Å². The molecule has 1 nitrogen and oxygen atoms in total. The van der Waals surface area contributed by atoms with Crippen molar-refractivity contribution in [1.82, 2.24) is 5.32 Å². The van der Waals surface area contributed by atoms with E-state index in [1.807, 2.05) is 0 Å². The fourth-order valence-electron chi connectivity index (χ4n) is 1.04. The van der Waals surface area contributed by atoms with Crippen molar-refractivity contribution in [3.05, 3.63) is 12.2 Å². The zero-order valence-electron chi connectivity index (χ0n) is 6.28. The second kappa shape index (κ2) is 2.53. The summed E-state index contributed by atoms with van der Waals surface area (Å²) in [4.78, 5) is 0. The van der Waals surface area contributed by atoms with E-state index < -0.39 is 0 Å². The van der Waals surface area contributed by atoms with Crippen LogP contribution in [0.2, 0.25) is 0 Å². The van der Waals surface area contributed by atoms with Gasteiger partial charge in [0.15, 0.2) is 0 Å². The van der Waals surface area contributed by atoms with Crippen LogP contribution in [0.15, 0.2) is 12.2 Å². The predicted molar refractivity (Wildman–Crippen MR) is 40.4 cm³/mol. The van der Waals surface area contributed by atoms with Gasteiger partial charge in [0, 0.05) is 18.5 Å². The normalized spacial score (nSPS) is 24.2. The first kappa shape index (κ1) is 6.81. The molecule has 52 valence electrons. The van der Waals surface area contributed by atoms with Crippen molar-refractivity contribution in [2.24, 2.45) is 5.41 Å². The van der Waals surface area contributed by atoms with Crippen molar-refractivity contribution in [3.8, 4) is 0 Å². The van der Waals surface area contributed by atoms with Crippen LogP contribution in [-0.2, 0) is 0 Å². The van der Waals surface area contributed by atoms with Crippen LogP contribution >= 0.6 is 0 Å². The van der Waals surface area contributed by atoms with Gasteiger partial charge in [-0.1, -0.05) is 26.0 Å². The summed E-state index contributed by atoms with van der Waals surface area (Å²) in [5, 5.41) is 3.26. The van der Waals surface area contributed by atoms with Gasteiger partial charge in [0.1, 0.15) is 0 Å². The Hall–Kier alpha value is -0.300. The average molecular weight is 125 g/mol. The van der Waals surface area contributed by atoms with Gasteiger partial charge in [-0.25, -0.2) is 0 Å². The molecule has 1 aliphatic heterocycles. The Balaban J connectivity index is 2.32. The number of nitrogens with one attached hydrogen (secondary N) is 1. The lowest BCUT2D eigenvalue weighted by Gasteiger charge is -2.36. The fourth-order valence-corrected chi connectivity index (χ4v) is 1.04. The van der Waals surface area contributed by atoms with Crippen LogP contribution in [0.1, 0.15) is 20.3 Å². The standard InChI is InChI=1S/C8H15N/c1-3-4-5-8(2)6-9-7-8/h4-5,9H,3,6-7H2,1-2H3/b5-4-. The molecule has 0 radical (unpaired) electrons. The molecule has 0 spiro atoms. The van der Waals surface area contributed by atoms with Gasteiger partial charge in [-0.05, 0) is 6.42 Å². The van der Waals surface area contributed by atoms with E-state index in [1.54, 1.807) is 0 Å². The minimum absolute atomic E-state index is 0.482. The summed E-state index contributed by atoms with van der Waals surface area (Å²) in [5.74, 6) is 0. The van der Waals surface area contributed by atoms with E-state index in [2.05, 4.69) is 31.3 Å². The lowest BCUT2D eigenvalue weighted by Crippen LogP contribution is -2.49. The molecule has 1 saturated heterocycles. The van der Waals surface area contributed by atoms with E-state index in [-0.39, 0.29) is 0 Å². The van der Waals surface area contributed by atoms with Crippen LogP contribution in [0, 0.1) is 5.41 Å². The SMILES string of the molecule is CC/C=C\C1(C)CNC1. The molecule has 0 aromatic carbocycles. The Morgan fingerprint density at radius 1 is 1.56 bits per heavy atom. The smallest absolute Gasteiger partial charge is 0.0103 e. The van der Waals surface area contributed by atoms with Gasteiger partial charge >= 0.3 is 0 Å². The zero-order valence-corrected chi connectivity index (χ0v) is 6.28. The molecule has 0 amide bonds. The van der Waals surface area contributed by atoms with Crippen LogP contribution in [-0.4, -0.2) is 13.1 Å². The van der Waals surface area contributed by atoms with E-state index in [0.717, 1.165) is 19.5 Å². The first-order valence-corrected chi connectivity index (χ1v) is 3.65. The average Bonchev–Trinajstić information content (AvgIpc) is 1.79. The Kier molecular flexibility index (Phi) is 1.91. The molecule has 1 aliphatic rings. The summed E-state index contributed by atoms with van der Waals surface area (Å²) >= 11 is 0. The maximum absolute atomic E-state index is 3.26. The largest absolute Gasteiger partial charge is 0.315 e. The van der Waals surface area contributed by atoms with Crippen LogP contribution < -0.4 is 5.32 Å². The summed E-state index contributed by atoms with van der Waals surface area (Å²) < 4.78 is 0. The van der Waals surface area contributed by atoms with Gasteiger partial charge in [0.25, 0.3) is 0 Å². The van der Waals surface area contributed by atoms with Gasteiger partial charge < -0.3 is 5.32 Å². The third-order valence-electron chi connectivity index (χ3n) is 1.81. The third kappa shape index (κ3) is 1.55. The lowest BCUT2D eigenvalue weighted by atomic mass is 9.84. The van der Waals surface area contributed by atoms with Gasteiger partial charge in [-0.15, -0.1) is 0 Å². The van der Waals surface area contributed by atoms with Gasteiger partial charge in [-0.2, -0.15) is 0 Å². The minimum atomic E-state index is 0.482. The quantitative estimate of drug-likeness (QED) is 0.552. The van der Waals surface area contributed by atoms with Gasteiger partial charge in [0.05, 0.1) is 0 Å². The predicted octanol–water partition coefficient (Wildman–Crippen LogP) is 1.56. The summed E-state index contributed by atoms with van der Waals surface area (Å²) in [7, 11) is 0. The van der Waals surface area contributed by atoms with E-state index in [4.69, 9.17) is 0 Å². The molecule has 1 heterocycles. The maximum atomic E-state index is 3.26. The molecular formula is C8H15N. The molecule has 0 saturated carbocycles. The molecule has 9 heavy (non-hydrogen) atoms. The molecule has 0 aliphatic carbocycles. The molecular weight excluding hydrogens is 110 g/mol. The Bertz CT molecular complexity index is 112. The number of allylic oxidation sites excluding steroid dienone is 1. The van der Waals surface area contributed by atoms with E-state index in [1.165, 1.54) is 0 Å². The Labute approximate surface area is 57.1 Å². The second-order valence-corrected chi connectivity index (χ2v) is 3.07. The van der Waals surface area contributed by atoms with Crippen molar-refractivity contribution in [1.29, 1.82) is 0 Å². The molecule has 1 heteroatoms. The molecule has 0 bridgehead atoms. The highest BCUT2D eigenvalue weighted by atomic mass is 15.0. The highest BCUT2D eigenvalue weighted by Crippen LogP contribution is 2.22. The first-order chi connectivity index (χ1) is 4.27. The number of rotatable bonds is 2. The van der Waals surface area contributed by atoms with Crippen molar-refractivity contribution in [2.45, 2.75) is 20.3 Å². The topological polar surface area (TPSA) is 12.0 Å². The summed E-state index contributed by atoms with van der Waals surface area (Å²) in [6.07, 6.45) is 5.74. The molecule has 1 N–H and O–H groups in total. The molecule has 1 fully saturated rings. The van der Waals surface area contributed by atoms with E-state index in [9.17, 15) is 0 Å². The van der Waals surface area contributed by atoms with E-state index >= 15 is 0 Å². The van der Waals surface area contributed by atoms with Crippen LogP contribution in [0.4, 0.5) is 0 Å². The third-order valence-corrected chi connectivity index (χ3v) is 1.81. The molecule has 0 atom stereocenters. The number of hydrogen-bond acceptors (Lipinski definition) is 1. The Morgan fingerprint density at radius 2 is 2.22 bits per heavy atom. The van der Waals surface area contributed by atoms with Gasteiger partial charge in [-0.3, -0.25) is 0 Å². The van der Waals surface area contributed by atoms with Crippen LogP contribution in [0.25, 0.3) is 0 Å². The van der Waals surface area contributed by atoms with Gasteiger partial charge in [0.2, 0.25) is 0 Å². The maximum Gasteiger partial charge on any atom is 0.0103 e. The highest BCUT2D eigenvalue weighted by molar-refractivity contribution is 5.04. The van der Waals surface area contributed by atoms with Crippen molar-refractivity contribution < 1.29 is 0 Å². The summed E-state index contributed by atoms with van der Waals surface area (Å²) in [6.45, 7) is 6.77. The summed E-state index contributed by atoms with van der Waals surface area (Å²) in [6, 6.07) is 0. The Morgan fingerprint density at radius 3 is 2.56 bits per heavy atom. The first-order valence-electron chi connectivity index (χ1n) is 3.65. The minimum Gasteiger partial charge on any atom is -0.315 e. The van der Waals surface area contributed by atoms with Crippen LogP contribution in [0.3, 0.4) is 0 Å². The molecule has 0 unspecified atom stereocenters. The number of hydrogen-bond donors (Lipinski definition) is 1. The van der Waals surface area contributed by atoms with Crippen molar-refractivity contribution in [2.75, 3.05) is 13.1 Å². The lowest BCUT2D eigenvalue weighted by molar-refractivity contribution is 0.268. The molecule has 1 rings (SSSR count). The zero-order chi connectivity index (χ0) is 6.74. The molecule has 0 aromatic rings. The van der Waals surface area contributed by atoms with Crippen molar-refractivity contribution in [3.63, 3.8) is 0 Å². The van der Waals surface area contributed by atoms with Crippen molar-refractivity contribution >= 4 is 0 Å². The fraction of sp³-hybridized carbons (Fsp3) is 0.750. The second-order valence-electron chi connectivity index (χ2n) is 3.07.